The second-order valence-electron chi connectivity index (χ2n) is 5.12. The molecule has 4 heteroatoms. The molecule has 0 saturated heterocycles. The van der Waals surface area contributed by atoms with Crippen LogP contribution in [0.2, 0.25) is 0 Å². The van der Waals surface area contributed by atoms with Crippen molar-refractivity contribution in [3.8, 4) is 0 Å². The van der Waals surface area contributed by atoms with E-state index < -0.39 is 0 Å². The molecule has 2 aromatic carbocycles. The molecular formula is C17H17BrN2S. The van der Waals surface area contributed by atoms with Gasteiger partial charge in [0.2, 0.25) is 0 Å². The second kappa shape index (κ2) is 6.71. The smallest absolute Gasteiger partial charge is 0.0701 e. The summed E-state index contributed by atoms with van der Waals surface area (Å²) >= 11 is 5.28. The highest BCUT2D eigenvalue weighted by Crippen LogP contribution is 2.25. The average Bonchev–Trinajstić information content (AvgIpc) is 2.92. The number of benzene rings is 2. The van der Waals surface area contributed by atoms with Crippen LogP contribution in [0.5, 0.6) is 0 Å². The molecule has 1 aromatic heterocycles. The summed E-state index contributed by atoms with van der Waals surface area (Å²) in [6, 6.07) is 19.4. The molecule has 0 radical (unpaired) electrons. The molecule has 0 fully saturated rings. The maximum absolute atomic E-state index is 5.76. The van der Waals surface area contributed by atoms with E-state index in [0.717, 1.165) is 12.8 Å². The highest BCUT2D eigenvalue weighted by atomic mass is 79.9. The van der Waals surface area contributed by atoms with Gasteiger partial charge in [-0.1, -0.05) is 42.5 Å². The van der Waals surface area contributed by atoms with Crippen LogP contribution < -0.4 is 11.3 Å². The predicted molar refractivity (Wildman–Crippen MR) is 94.5 cm³/mol. The predicted octanol–water partition coefficient (Wildman–Crippen LogP) is 4.28. The fourth-order valence-electron chi connectivity index (χ4n) is 2.63. The van der Waals surface area contributed by atoms with Crippen LogP contribution in [-0.2, 0) is 12.8 Å². The molecule has 3 N–H and O–H groups in total. The minimum atomic E-state index is 0.237. The Hall–Kier alpha value is -1.20. The Kier molecular flexibility index (Phi) is 4.70. The number of halogens is 1. The Labute approximate surface area is 137 Å². The van der Waals surface area contributed by atoms with Crippen molar-refractivity contribution in [1.29, 1.82) is 0 Å². The number of fused-ring (bicyclic) bond motifs is 1. The van der Waals surface area contributed by atoms with E-state index in [2.05, 4.69) is 76.0 Å². The van der Waals surface area contributed by atoms with Crippen LogP contribution in [0.25, 0.3) is 10.8 Å². The summed E-state index contributed by atoms with van der Waals surface area (Å²) in [4.78, 5) is 1.34. The van der Waals surface area contributed by atoms with Crippen molar-refractivity contribution in [3.63, 3.8) is 0 Å². The summed E-state index contributed by atoms with van der Waals surface area (Å²) < 4.78 is 1.17. The van der Waals surface area contributed by atoms with Gasteiger partial charge in [-0.3, -0.25) is 11.3 Å². The van der Waals surface area contributed by atoms with Crippen molar-refractivity contribution >= 4 is 38.0 Å². The number of nitrogens with one attached hydrogen (secondary N) is 1. The summed E-state index contributed by atoms with van der Waals surface area (Å²) in [5.74, 6) is 5.76. The van der Waals surface area contributed by atoms with E-state index in [1.165, 1.54) is 25.0 Å². The number of hydrogen-bond donors (Lipinski definition) is 2. The van der Waals surface area contributed by atoms with Crippen LogP contribution in [-0.4, -0.2) is 6.04 Å². The van der Waals surface area contributed by atoms with Crippen molar-refractivity contribution in [1.82, 2.24) is 5.43 Å². The summed E-state index contributed by atoms with van der Waals surface area (Å²) in [7, 11) is 0. The van der Waals surface area contributed by atoms with Crippen LogP contribution >= 0.6 is 27.3 Å². The van der Waals surface area contributed by atoms with Crippen LogP contribution in [0, 0.1) is 0 Å². The lowest BCUT2D eigenvalue weighted by molar-refractivity contribution is 0.527. The van der Waals surface area contributed by atoms with E-state index in [9.17, 15) is 0 Å². The fraction of sp³-hybridized carbons (Fsp3) is 0.176. The van der Waals surface area contributed by atoms with Gasteiger partial charge >= 0.3 is 0 Å². The maximum Gasteiger partial charge on any atom is 0.0701 e. The zero-order valence-electron chi connectivity index (χ0n) is 11.6. The van der Waals surface area contributed by atoms with Crippen LogP contribution in [0.1, 0.15) is 10.4 Å². The fourth-order valence-corrected chi connectivity index (χ4v) is 4.19. The van der Waals surface area contributed by atoms with E-state index in [4.69, 9.17) is 5.84 Å². The minimum Gasteiger partial charge on any atom is -0.271 e. The van der Waals surface area contributed by atoms with Gasteiger partial charge in [0.05, 0.1) is 3.79 Å². The maximum atomic E-state index is 5.76. The number of rotatable bonds is 5. The van der Waals surface area contributed by atoms with Crippen molar-refractivity contribution in [2.45, 2.75) is 18.9 Å². The minimum absolute atomic E-state index is 0.237. The third-order valence-corrected chi connectivity index (χ3v) is 5.30. The van der Waals surface area contributed by atoms with Gasteiger partial charge in [0, 0.05) is 10.9 Å². The largest absolute Gasteiger partial charge is 0.271 e. The Morgan fingerprint density at radius 3 is 2.57 bits per heavy atom. The SMILES string of the molecule is NNC(Cc1ccc(Br)s1)Cc1cccc2ccccc12. The topological polar surface area (TPSA) is 38.0 Å². The second-order valence-corrected chi connectivity index (χ2v) is 7.66. The summed E-state index contributed by atoms with van der Waals surface area (Å²) in [6.45, 7) is 0. The van der Waals surface area contributed by atoms with Crippen molar-refractivity contribution in [3.05, 3.63) is 68.8 Å². The van der Waals surface area contributed by atoms with Gasteiger partial charge in [0.15, 0.2) is 0 Å². The summed E-state index contributed by atoms with van der Waals surface area (Å²) in [6.07, 6.45) is 1.86. The van der Waals surface area contributed by atoms with Gasteiger partial charge in [-0.2, -0.15) is 0 Å². The first-order valence-electron chi connectivity index (χ1n) is 6.93. The van der Waals surface area contributed by atoms with E-state index in [1.807, 2.05) is 0 Å². The Bertz CT molecular complexity index is 733. The van der Waals surface area contributed by atoms with E-state index in [-0.39, 0.29) is 6.04 Å². The highest BCUT2D eigenvalue weighted by Gasteiger charge is 2.12. The zero-order chi connectivity index (χ0) is 14.7. The lowest BCUT2D eigenvalue weighted by atomic mass is 9.97. The lowest BCUT2D eigenvalue weighted by Crippen LogP contribution is -2.38. The highest BCUT2D eigenvalue weighted by molar-refractivity contribution is 9.11. The van der Waals surface area contributed by atoms with E-state index in [0.29, 0.717) is 0 Å². The molecule has 1 heterocycles. The molecule has 0 saturated carbocycles. The molecule has 1 unspecified atom stereocenters. The lowest BCUT2D eigenvalue weighted by Gasteiger charge is -2.16. The molecule has 3 rings (SSSR count). The molecule has 1 atom stereocenters. The van der Waals surface area contributed by atoms with Crippen LogP contribution in [0.3, 0.4) is 0 Å². The monoisotopic (exact) mass is 360 g/mol. The first-order valence-corrected chi connectivity index (χ1v) is 8.54. The standard InChI is InChI=1S/C17H17BrN2S/c18-17-9-8-15(21-17)11-14(20-19)10-13-6-3-5-12-4-1-2-7-16(12)13/h1-9,14,20H,10-11,19H2. The molecule has 0 spiro atoms. The molecular weight excluding hydrogens is 344 g/mol. The van der Waals surface area contributed by atoms with Crippen LogP contribution in [0.4, 0.5) is 0 Å². The first kappa shape index (κ1) is 14.7. The van der Waals surface area contributed by atoms with Gasteiger partial charge < -0.3 is 0 Å². The third kappa shape index (κ3) is 3.52. The number of thiophene rings is 1. The zero-order valence-corrected chi connectivity index (χ0v) is 14.0. The van der Waals surface area contributed by atoms with Gasteiger partial charge in [0.25, 0.3) is 0 Å². The molecule has 108 valence electrons. The Morgan fingerprint density at radius 2 is 1.81 bits per heavy atom. The van der Waals surface area contributed by atoms with Gasteiger partial charge in [-0.25, -0.2) is 0 Å². The number of hydrazine groups is 1. The molecule has 3 aromatic rings. The van der Waals surface area contributed by atoms with Gasteiger partial charge in [0.1, 0.15) is 0 Å². The Morgan fingerprint density at radius 1 is 1.00 bits per heavy atom. The normalized spacial score (nSPS) is 12.7. The molecule has 0 aliphatic heterocycles. The van der Waals surface area contributed by atoms with E-state index in [1.54, 1.807) is 11.3 Å². The average molecular weight is 361 g/mol. The van der Waals surface area contributed by atoms with Crippen molar-refractivity contribution in [2.24, 2.45) is 5.84 Å². The molecule has 0 aliphatic rings. The summed E-state index contributed by atoms with van der Waals surface area (Å²) in [5.41, 5.74) is 4.30. The molecule has 0 amide bonds. The third-order valence-electron chi connectivity index (χ3n) is 3.66. The summed E-state index contributed by atoms with van der Waals surface area (Å²) in [5, 5.41) is 2.59. The molecule has 2 nitrogen and oxygen atoms in total. The van der Waals surface area contributed by atoms with Crippen molar-refractivity contribution < 1.29 is 0 Å². The van der Waals surface area contributed by atoms with Crippen LogP contribution in [0.15, 0.2) is 58.4 Å². The number of hydrogen-bond acceptors (Lipinski definition) is 3. The van der Waals surface area contributed by atoms with Crippen molar-refractivity contribution in [2.75, 3.05) is 0 Å². The molecule has 0 bridgehead atoms. The number of nitrogens with two attached hydrogens (primary N) is 1. The quantitative estimate of drug-likeness (QED) is 0.526. The molecule has 21 heavy (non-hydrogen) atoms. The van der Waals surface area contributed by atoms with E-state index >= 15 is 0 Å². The Balaban J connectivity index is 1.82. The first-order chi connectivity index (χ1) is 10.3. The van der Waals surface area contributed by atoms with Gasteiger partial charge in [-0.05, 0) is 57.2 Å². The molecule has 0 aliphatic carbocycles. The van der Waals surface area contributed by atoms with Gasteiger partial charge in [-0.15, -0.1) is 11.3 Å².